The van der Waals surface area contributed by atoms with E-state index >= 15 is 0 Å². The van der Waals surface area contributed by atoms with Gasteiger partial charge in [0.25, 0.3) is 5.91 Å². The number of carbonyl (C=O) groups excluding carboxylic acids is 1. The maximum atomic E-state index is 12.3. The Morgan fingerprint density at radius 1 is 1.19 bits per heavy atom. The van der Waals surface area contributed by atoms with Crippen molar-refractivity contribution in [3.05, 3.63) is 77.7 Å². The highest BCUT2D eigenvalue weighted by molar-refractivity contribution is 6.30. The van der Waals surface area contributed by atoms with Gasteiger partial charge in [-0.3, -0.25) is 4.79 Å². The van der Waals surface area contributed by atoms with E-state index in [0.717, 1.165) is 11.3 Å². The monoisotopic (exact) mass is 380 g/mol. The number of aromatic nitrogens is 5. The summed E-state index contributed by atoms with van der Waals surface area (Å²) in [6.45, 7) is 0.122. The van der Waals surface area contributed by atoms with E-state index < -0.39 is 0 Å². The van der Waals surface area contributed by atoms with Gasteiger partial charge in [0.05, 0.1) is 12.2 Å². The topological polar surface area (TPSA) is 98.7 Å². The molecule has 2 aromatic carbocycles. The second-order valence-corrected chi connectivity index (χ2v) is 6.03. The number of amides is 1. The predicted octanol–water partition coefficient (Wildman–Crippen LogP) is 2.90. The zero-order chi connectivity index (χ0) is 18.6. The van der Waals surface area contributed by atoms with Crippen molar-refractivity contribution in [3.8, 4) is 17.1 Å². The van der Waals surface area contributed by atoms with Crippen molar-refractivity contribution in [3.63, 3.8) is 0 Å². The zero-order valence-corrected chi connectivity index (χ0v) is 14.7. The number of rotatable bonds is 5. The average Bonchev–Trinajstić information content (AvgIpc) is 3.38. The molecule has 8 nitrogen and oxygen atoms in total. The van der Waals surface area contributed by atoms with Crippen LogP contribution in [-0.4, -0.2) is 30.8 Å². The molecule has 0 fully saturated rings. The molecule has 0 unspecified atom stereocenters. The molecule has 0 spiro atoms. The fourth-order valence-electron chi connectivity index (χ4n) is 2.44. The van der Waals surface area contributed by atoms with Crippen LogP contribution in [0.4, 0.5) is 0 Å². The fraction of sp³-hybridized carbons (Fsp3) is 0.0556. The molecular formula is C18H13ClN6O2. The van der Waals surface area contributed by atoms with Crippen molar-refractivity contribution < 1.29 is 9.32 Å². The third kappa shape index (κ3) is 3.85. The minimum atomic E-state index is -0.248. The van der Waals surface area contributed by atoms with Gasteiger partial charge in [-0.05, 0) is 36.4 Å². The van der Waals surface area contributed by atoms with Crippen LogP contribution >= 0.6 is 11.6 Å². The molecule has 0 aliphatic carbocycles. The maximum absolute atomic E-state index is 12.3. The number of carbonyl (C=O) groups is 1. The molecule has 4 aromatic rings. The summed E-state index contributed by atoms with van der Waals surface area (Å²) in [6, 6.07) is 14.1. The molecule has 27 heavy (non-hydrogen) atoms. The smallest absolute Gasteiger partial charge is 0.251 e. The Morgan fingerprint density at radius 2 is 2.04 bits per heavy atom. The summed E-state index contributed by atoms with van der Waals surface area (Å²) in [5.41, 5.74) is 2.06. The quantitative estimate of drug-likeness (QED) is 0.571. The number of nitrogens with zero attached hydrogens (tertiary/aromatic N) is 5. The first kappa shape index (κ1) is 16.9. The van der Waals surface area contributed by atoms with Crippen LogP contribution in [0.5, 0.6) is 0 Å². The molecule has 2 heterocycles. The molecule has 0 bridgehead atoms. The summed E-state index contributed by atoms with van der Waals surface area (Å²) in [4.78, 5) is 20.4. The summed E-state index contributed by atoms with van der Waals surface area (Å²) in [5, 5.41) is 11.3. The van der Waals surface area contributed by atoms with E-state index in [1.54, 1.807) is 53.5 Å². The highest BCUT2D eigenvalue weighted by atomic mass is 35.5. The lowest BCUT2D eigenvalue weighted by Crippen LogP contribution is -2.22. The molecule has 0 saturated heterocycles. The van der Waals surface area contributed by atoms with Gasteiger partial charge in [0.2, 0.25) is 11.7 Å². The second-order valence-electron chi connectivity index (χ2n) is 5.59. The van der Waals surface area contributed by atoms with Crippen LogP contribution in [0.3, 0.4) is 0 Å². The van der Waals surface area contributed by atoms with Gasteiger partial charge >= 0.3 is 0 Å². The Labute approximate surface area is 158 Å². The average molecular weight is 381 g/mol. The van der Waals surface area contributed by atoms with E-state index in [9.17, 15) is 4.79 Å². The number of hydrogen-bond donors (Lipinski definition) is 1. The molecule has 1 amide bonds. The standard InChI is InChI=1S/C18H13ClN6O2/c19-14-3-1-2-13(8-14)17-23-16(27-24-17)9-21-18(26)12-4-6-15(7-5-12)25-11-20-10-22-25/h1-8,10-11H,9H2,(H,21,26). The third-order valence-electron chi connectivity index (χ3n) is 3.76. The number of nitrogens with one attached hydrogen (secondary N) is 1. The van der Waals surface area contributed by atoms with E-state index in [4.69, 9.17) is 16.1 Å². The lowest BCUT2D eigenvalue weighted by atomic mass is 10.2. The highest BCUT2D eigenvalue weighted by Crippen LogP contribution is 2.19. The first-order chi connectivity index (χ1) is 13.2. The van der Waals surface area contributed by atoms with E-state index in [-0.39, 0.29) is 12.5 Å². The molecule has 0 aliphatic heterocycles. The molecular weight excluding hydrogens is 368 g/mol. The van der Waals surface area contributed by atoms with Crippen LogP contribution < -0.4 is 5.32 Å². The second kappa shape index (κ2) is 7.38. The van der Waals surface area contributed by atoms with Gasteiger partial charge in [0, 0.05) is 16.1 Å². The van der Waals surface area contributed by atoms with Gasteiger partial charge in [-0.15, -0.1) is 0 Å². The normalized spacial score (nSPS) is 10.7. The van der Waals surface area contributed by atoms with E-state index in [2.05, 4.69) is 25.5 Å². The summed E-state index contributed by atoms with van der Waals surface area (Å²) in [6.07, 6.45) is 3.03. The van der Waals surface area contributed by atoms with Crippen LogP contribution in [-0.2, 0) is 6.54 Å². The largest absolute Gasteiger partial charge is 0.343 e. The first-order valence-electron chi connectivity index (χ1n) is 8.01. The van der Waals surface area contributed by atoms with Crippen molar-refractivity contribution in [1.82, 2.24) is 30.2 Å². The van der Waals surface area contributed by atoms with Gasteiger partial charge < -0.3 is 9.84 Å². The lowest BCUT2D eigenvalue weighted by molar-refractivity contribution is 0.0946. The summed E-state index contributed by atoms with van der Waals surface area (Å²) < 4.78 is 6.78. The molecule has 0 saturated carbocycles. The van der Waals surface area contributed by atoms with Crippen molar-refractivity contribution in [2.75, 3.05) is 0 Å². The molecule has 0 aliphatic rings. The summed E-state index contributed by atoms with van der Waals surface area (Å²) >= 11 is 5.96. The Kier molecular flexibility index (Phi) is 4.63. The number of hydrogen-bond acceptors (Lipinski definition) is 6. The van der Waals surface area contributed by atoms with E-state index in [1.807, 2.05) is 6.07 Å². The Bertz CT molecular complexity index is 1060. The molecule has 2 aromatic heterocycles. The van der Waals surface area contributed by atoms with Crippen molar-refractivity contribution in [2.24, 2.45) is 0 Å². The van der Waals surface area contributed by atoms with Crippen LogP contribution in [0.2, 0.25) is 5.02 Å². The maximum Gasteiger partial charge on any atom is 0.251 e. The Morgan fingerprint density at radius 3 is 2.78 bits per heavy atom. The van der Waals surface area contributed by atoms with Crippen molar-refractivity contribution >= 4 is 17.5 Å². The third-order valence-corrected chi connectivity index (χ3v) is 4.00. The van der Waals surface area contributed by atoms with Crippen molar-refractivity contribution in [2.45, 2.75) is 6.54 Å². The predicted molar refractivity (Wildman–Crippen MR) is 97.3 cm³/mol. The van der Waals surface area contributed by atoms with Crippen LogP contribution in [0.15, 0.2) is 65.7 Å². The minimum absolute atomic E-state index is 0.122. The Balaban J connectivity index is 1.39. The van der Waals surface area contributed by atoms with E-state index in [0.29, 0.717) is 22.3 Å². The van der Waals surface area contributed by atoms with Gasteiger partial charge in [-0.2, -0.15) is 10.1 Å². The SMILES string of the molecule is O=C(NCc1nc(-c2cccc(Cl)c2)no1)c1ccc(-n2cncn2)cc1. The van der Waals surface area contributed by atoms with Crippen LogP contribution in [0.1, 0.15) is 16.2 Å². The number of halogens is 1. The van der Waals surface area contributed by atoms with Gasteiger partial charge in [0.1, 0.15) is 12.7 Å². The molecule has 134 valence electrons. The van der Waals surface area contributed by atoms with Gasteiger partial charge in [0.15, 0.2) is 0 Å². The van der Waals surface area contributed by atoms with Crippen molar-refractivity contribution in [1.29, 1.82) is 0 Å². The lowest BCUT2D eigenvalue weighted by Gasteiger charge is -2.04. The van der Waals surface area contributed by atoms with Crippen LogP contribution in [0, 0.1) is 0 Å². The fourth-order valence-corrected chi connectivity index (χ4v) is 2.63. The Hall–Kier alpha value is -3.52. The minimum Gasteiger partial charge on any atom is -0.343 e. The molecule has 9 heteroatoms. The van der Waals surface area contributed by atoms with E-state index in [1.165, 1.54) is 6.33 Å². The molecule has 0 atom stereocenters. The summed E-state index contributed by atoms with van der Waals surface area (Å²) in [5.74, 6) is 0.471. The zero-order valence-electron chi connectivity index (χ0n) is 13.9. The molecule has 1 N–H and O–H groups in total. The highest BCUT2D eigenvalue weighted by Gasteiger charge is 2.11. The molecule has 0 radical (unpaired) electrons. The van der Waals surface area contributed by atoms with Crippen LogP contribution in [0.25, 0.3) is 17.1 Å². The first-order valence-corrected chi connectivity index (χ1v) is 8.38. The van der Waals surface area contributed by atoms with Gasteiger partial charge in [-0.1, -0.05) is 28.9 Å². The van der Waals surface area contributed by atoms with Gasteiger partial charge in [-0.25, -0.2) is 9.67 Å². The molecule has 4 rings (SSSR count). The number of benzene rings is 2. The summed E-state index contributed by atoms with van der Waals surface area (Å²) in [7, 11) is 0.